The van der Waals surface area contributed by atoms with Gasteiger partial charge in [0.05, 0.1) is 11.9 Å². The third-order valence-corrected chi connectivity index (χ3v) is 7.24. The van der Waals surface area contributed by atoms with Crippen LogP contribution in [0.3, 0.4) is 0 Å². The van der Waals surface area contributed by atoms with Gasteiger partial charge in [-0.25, -0.2) is 17.9 Å². The number of aryl methyl sites for hydroxylation is 1. The Hall–Kier alpha value is -3.95. The molecule has 3 heterocycles. The second-order valence-corrected chi connectivity index (χ2v) is 9.61. The van der Waals surface area contributed by atoms with Crippen molar-refractivity contribution in [3.05, 3.63) is 60.0 Å². The number of benzene rings is 1. The predicted octanol–water partition coefficient (Wildman–Crippen LogP) is 1.66. The summed E-state index contributed by atoms with van der Waals surface area (Å²) in [5.41, 5.74) is 0.771. The highest BCUT2D eigenvalue weighted by Crippen LogP contribution is 2.23. The number of amides is 1. The molecule has 1 aromatic carbocycles. The minimum Gasteiger partial charge on any atom is -0.451 e. The number of carbonyl (C=O) groups excluding carboxylic acids is 2. The van der Waals surface area contributed by atoms with E-state index in [0.29, 0.717) is 18.8 Å². The molecular formula is C22H22N6O5S. The zero-order chi connectivity index (χ0) is 24.3. The number of nitrogens with zero attached hydrogens (tertiary/aromatic N) is 5. The molecule has 0 spiro atoms. The summed E-state index contributed by atoms with van der Waals surface area (Å²) in [5, 5.41) is 16.0. The second kappa shape index (κ2) is 9.50. The lowest BCUT2D eigenvalue weighted by Crippen LogP contribution is -2.27. The highest BCUT2D eigenvalue weighted by atomic mass is 32.2. The van der Waals surface area contributed by atoms with Gasteiger partial charge in [0, 0.05) is 26.3 Å². The Bertz CT molecular complexity index is 1360. The Kier molecular flexibility index (Phi) is 6.49. The van der Waals surface area contributed by atoms with Crippen LogP contribution in [0.5, 0.6) is 0 Å². The van der Waals surface area contributed by atoms with E-state index in [9.17, 15) is 23.3 Å². The van der Waals surface area contributed by atoms with E-state index in [2.05, 4.69) is 10.4 Å². The lowest BCUT2D eigenvalue weighted by atomic mass is 10.3. The molecule has 3 aromatic rings. The number of nitriles is 1. The molecule has 1 saturated heterocycles. The van der Waals surface area contributed by atoms with Crippen LogP contribution in [0.15, 0.2) is 53.7 Å². The molecule has 12 heteroatoms. The van der Waals surface area contributed by atoms with Crippen molar-refractivity contribution in [3.8, 4) is 11.8 Å². The maximum atomic E-state index is 12.7. The van der Waals surface area contributed by atoms with E-state index in [1.807, 2.05) is 12.1 Å². The monoisotopic (exact) mass is 482 g/mol. The molecule has 0 unspecified atom stereocenters. The first-order chi connectivity index (χ1) is 16.3. The first kappa shape index (κ1) is 23.2. The number of ether oxygens (including phenoxy) is 1. The molecule has 11 nitrogen and oxygen atoms in total. The molecule has 4 rings (SSSR count). The van der Waals surface area contributed by atoms with E-state index in [4.69, 9.17) is 4.74 Å². The van der Waals surface area contributed by atoms with Crippen LogP contribution < -0.4 is 5.32 Å². The minimum atomic E-state index is -3.69. The number of nitrogens with one attached hydrogen (secondary N) is 1. The molecule has 34 heavy (non-hydrogen) atoms. The normalized spacial score (nSPS) is 14.0. The van der Waals surface area contributed by atoms with Gasteiger partial charge in [-0.3, -0.25) is 4.79 Å². The van der Waals surface area contributed by atoms with Gasteiger partial charge in [0.25, 0.3) is 5.91 Å². The maximum Gasteiger partial charge on any atom is 0.355 e. The van der Waals surface area contributed by atoms with Gasteiger partial charge < -0.3 is 14.6 Å². The predicted molar refractivity (Wildman–Crippen MR) is 121 cm³/mol. The topological polar surface area (TPSA) is 139 Å². The number of hydrogen-bond donors (Lipinski definition) is 1. The number of rotatable bonds is 7. The first-order valence-electron chi connectivity index (χ1n) is 10.5. The van der Waals surface area contributed by atoms with Gasteiger partial charge in [0.15, 0.2) is 12.4 Å². The van der Waals surface area contributed by atoms with Crippen LogP contribution in [-0.2, 0) is 26.6 Å². The molecule has 1 amide bonds. The zero-order valence-corrected chi connectivity index (χ0v) is 19.2. The average molecular weight is 483 g/mol. The van der Waals surface area contributed by atoms with Crippen molar-refractivity contribution in [1.82, 2.24) is 18.7 Å². The third-order valence-electron chi connectivity index (χ3n) is 5.37. The molecule has 0 saturated carbocycles. The highest BCUT2D eigenvalue weighted by molar-refractivity contribution is 7.89. The van der Waals surface area contributed by atoms with Crippen LogP contribution in [0.4, 0.5) is 5.82 Å². The van der Waals surface area contributed by atoms with Gasteiger partial charge in [-0.15, -0.1) is 0 Å². The van der Waals surface area contributed by atoms with Gasteiger partial charge in [0.1, 0.15) is 22.2 Å². The van der Waals surface area contributed by atoms with E-state index in [-0.39, 0.29) is 22.0 Å². The SMILES string of the molecule is Cn1cc(S(=O)(=O)N2CCCC2)cc1C(=O)OCC(=O)Nc1c(C#N)cnn1-c1ccccc1. The molecule has 0 aliphatic carbocycles. The number of sulfonamides is 1. The van der Waals surface area contributed by atoms with Crippen LogP contribution in [0.25, 0.3) is 5.69 Å². The zero-order valence-electron chi connectivity index (χ0n) is 18.3. The summed E-state index contributed by atoms with van der Waals surface area (Å²) < 4.78 is 34.7. The van der Waals surface area contributed by atoms with Crippen molar-refractivity contribution in [2.24, 2.45) is 7.05 Å². The van der Waals surface area contributed by atoms with Gasteiger partial charge >= 0.3 is 5.97 Å². The Balaban J connectivity index is 1.44. The summed E-state index contributed by atoms with van der Waals surface area (Å²) in [6, 6.07) is 12.1. The smallest absolute Gasteiger partial charge is 0.355 e. The van der Waals surface area contributed by atoms with E-state index in [1.54, 1.807) is 24.3 Å². The number of para-hydroxylation sites is 1. The molecule has 1 N–H and O–H groups in total. The van der Waals surface area contributed by atoms with Crippen molar-refractivity contribution in [1.29, 1.82) is 5.26 Å². The van der Waals surface area contributed by atoms with E-state index >= 15 is 0 Å². The fourth-order valence-corrected chi connectivity index (χ4v) is 5.23. The quantitative estimate of drug-likeness (QED) is 0.505. The summed E-state index contributed by atoms with van der Waals surface area (Å²) >= 11 is 0. The Morgan fingerprint density at radius 1 is 1.21 bits per heavy atom. The second-order valence-electron chi connectivity index (χ2n) is 7.67. The number of esters is 1. The highest BCUT2D eigenvalue weighted by Gasteiger charge is 2.30. The van der Waals surface area contributed by atoms with Crippen LogP contribution in [0, 0.1) is 11.3 Å². The van der Waals surface area contributed by atoms with Crippen LogP contribution in [0.2, 0.25) is 0 Å². The Labute approximate surface area is 196 Å². The standard InChI is InChI=1S/C22H22N6O5S/c1-26-14-18(34(31,32)27-9-5-6-10-27)11-19(26)22(30)33-15-20(29)25-21-16(12-23)13-24-28(21)17-7-3-2-4-8-17/h2-4,7-8,11,13-14H,5-6,9-10,15H2,1H3,(H,25,29). The van der Waals surface area contributed by atoms with E-state index in [1.165, 1.54) is 39.1 Å². The maximum absolute atomic E-state index is 12.7. The van der Waals surface area contributed by atoms with Crippen molar-refractivity contribution < 1.29 is 22.7 Å². The fraction of sp³-hybridized carbons (Fsp3) is 0.273. The number of carbonyl (C=O) groups is 2. The summed E-state index contributed by atoms with van der Waals surface area (Å²) in [6.07, 6.45) is 4.27. The van der Waals surface area contributed by atoms with Crippen LogP contribution >= 0.6 is 0 Å². The van der Waals surface area contributed by atoms with Crippen LogP contribution in [0.1, 0.15) is 28.9 Å². The fourth-order valence-electron chi connectivity index (χ4n) is 3.64. The molecule has 0 atom stereocenters. The van der Waals surface area contributed by atoms with Gasteiger partial charge in [-0.1, -0.05) is 18.2 Å². The lowest BCUT2D eigenvalue weighted by Gasteiger charge is -2.13. The van der Waals surface area contributed by atoms with E-state index in [0.717, 1.165) is 12.8 Å². The summed E-state index contributed by atoms with van der Waals surface area (Å²) in [6.45, 7) is 0.256. The first-order valence-corrected chi connectivity index (χ1v) is 11.9. The number of aromatic nitrogens is 3. The molecule has 0 bridgehead atoms. The number of anilines is 1. The van der Waals surface area contributed by atoms with Crippen molar-refractivity contribution in [2.45, 2.75) is 17.7 Å². The van der Waals surface area contributed by atoms with Gasteiger partial charge in [-0.2, -0.15) is 14.7 Å². The molecular weight excluding hydrogens is 460 g/mol. The summed E-state index contributed by atoms with van der Waals surface area (Å²) in [7, 11) is -2.17. The molecule has 176 valence electrons. The Morgan fingerprint density at radius 2 is 1.91 bits per heavy atom. The molecule has 2 aromatic heterocycles. The lowest BCUT2D eigenvalue weighted by molar-refractivity contribution is -0.119. The molecule has 0 radical (unpaired) electrons. The van der Waals surface area contributed by atoms with Crippen molar-refractivity contribution in [2.75, 3.05) is 25.0 Å². The van der Waals surface area contributed by atoms with E-state index < -0.39 is 28.5 Å². The summed E-state index contributed by atoms with van der Waals surface area (Å²) in [5.74, 6) is -1.38. The van der Waals surface area contributed by atoms with Gasteiger partial charge in [0.2, 0.25) is 10.0 Å². The van der Waals surface area contributed by atoms with Crippen molar-refractivity contribution in [3.63, 3.8) is 0 Å². The average Bonchev–Trinajstić information content (AvgIpc) is 3.58. The molecule has 1 aliphatic heterocycles. The van der Waals surface area contributed by atoms with Crippen molar-refractivity contribution >= 4 is 27.7 Å². The van der Waals surface area contributed by atoms with Crippen LogP contribution in [-0.4, -0.2) is 58.6 Å². The third kappa shape index (κ3) is 4.57. The summed E-state index contributed by atoms with van der Waals surface area (Å²) in [4.78, 5) is 25.0. The largest absolute Gasteiger partial charge is 0.451 e. The molecule has 1 aliphatic rings. The van der Waals surface area contributed by atoms with Gasteiger partial charge in [-0.05, 0) is 31.0 Å². The molecule has 1 fully saturated rings. The minimum absolute atomic E-state index is 0.00118. The Morgan fingerprint density at radius 3 is 2.59 bits per heavy atom. The number of hydrogen-bond acceptors (Lipinski definition) is 7.